The molecule has 26 heavy (non-hydrogen) atoms. The number of carbonyl (C=O) groups is 1. The molecule has 0 amide bonds. The molecule has 0 atom stereocenters. The minimum atomic E-state index is -0.843. The second kappa shape index (κ2) is 6.70. The normalized spacial score (nSPS) is 14.7. The van der Waals surface area contributed by atoms with E-state index in [9.17, 15) is 14.1 Å². The number of rotatable bonds is 4. The molecule has 0 unspecified atom stereocenters. The fourth-order valence-electron chi connectivity index (χ4n) is 2.96. The number of pyridine rings is 1. The molecule has 0 radical (unpaired) electrons. The molecule has 2 heterocycles. The quantitative estimate of drug-likeness (QED) is 0.523. The number of fused-ring (bicyclic) bond motifs is 1. The van der Waals surface area contributed by atoms with Crippen molar-refractivity contribution in [3.8, 4) is 0 Å². The number of ether oxygens (including phenoxy) is 2. The molecule has 6 nitrogen and oxygen atoms in total. The first-order valence-electron chi connectivity index (χ1n) is 7.97. The van der Waals surface area contributed by atoms with Crippen molar-refractivity contribution < 1.29 is 18.7 Å². The number of aromatic nitrogens is 1. The summed E-state index contributed by atoms with van der Waals surface area (Å²) in [5.74, 6) is -0.978. The van der Waals surface area contributed by atoms with E-state index in [0.717, 1.165) is 0 Å². The smallest absolute Gasteiger partial charge is 0.195 e. The molecule has 7 heteroatoms. The van der Waals surface area contributed by atoms with Gasteiger partial charge in [0.25, 0.3) is 0 Å². The van der Waals surface area contributed by atoms with Crippen molar-refractivity contribution in [1.29, 1.82) is 0 Å². The number of hydrogen-bond acceptors (Lipinski definition) is 6. The summed E-state index contributed by atoms with van der Waals surface area (Å²) >= 11 is 0. The molecule has 2 aromatic carbocycles. The summed E-state index contributed by atoms with van der Waals surface area (Å²) in [6.45, 7) is 0.718. The highest BCUT2D eigenvalue weighted by Gasteiger charge is 2.24. The van der Waals surface area contributed by atoms with Crippen molar-refractivity contribution in [1.82, 2.24) is 4.98 Å². The fourth-order valence-corrected chi connectivity index (χ4v) is 2.96. The lowest BCUT2D eigenvalue weighted by atomic mass is 9.98. The van der Waals surface area contributed by atoms with Gasteiger partial charge < -0.3 is 9.47 Å². The van der Waals surface area contributed by atoms with Crippen LogP contribution < -0.4 is 0 Å². The first-order chi connectivity index (χ1) is 12.7. The van der Waals surface area contributed by atoms with Gasteiger partial charge in [-0.2, -0.15) is 0 Å². The van der Waals surface area contributed by atoms with Gasteiger partial charge in [0.15, 0.2) is 12.1 Å². The highest BCUT2D eigenvalue weighted by Crippen LogP contribution is 2.32. The maximum Gasteiger partial charge on any atom is 0.195 e. The molecule has 1 aliphatic heterocycles. The zero-order chi connectivity index (χ0) is 18.1. The summed E-state index contributed by atoms with van der Waals surface area (Å²) in [6.07, 6.45) is 0.681. The van der Waals surface area contributed by atoms with Gasteiger partial charge in [-0.05, 0) is 35.5 Å². The molecule has 0 bridgehead atoms. The van der Waals surface area contributed by atoms with Gasteiger partial charge in [-0.1, -0.05) is 12.1 Å². The molecule has 130 valence electrons. The lowest BCUT2D eigenvalue weighted by molar-refractivity contribution is -0.0464. The van der Waals surface area contributed by atoms with Crippen LogP contribution in [0.3, 0.4) is 0 Å². The van der Waals surface area contributed by atoms with Crippen LogP contribution in [0.25, 0.3) is 10.9 Å². The topological polar surface area (TPSA) is 77.9 Å². The van der Waals surface area contributed by atoms with E-state index in [4.69, 9.17) is 9.47 Å². The third-order valence-corrected chi connectivity index (χ3v) is 4.22. The monoisotopic (exact) mass is 352 g/mol. The van der Waals surface area contributed by atoms with E-state index in [1.165, 1.54) is 30.5 Å². The van der Waals surface area contributed by atoms with Gasteiger partial charge in [0.05, 0.1) is 18.8 Å². The van der Waals surface area contributed by atoms with Crippen LogP contribution in [0, 0.1) is 10.7 Å². The van der Waals surface area contributed by atoms with Crippen LogP contribution in [-0.4, -0.2) is 24.0 Å². The van der Waals surface area contributed by atoms with E-state index in [1.54, 1.807) is 18.2 Å². The Labute approximate surface area is 147 Å². The first-order valence-corrected chi connectivity index (χ1v) is 7.97. The summed E-state index contributed by atoms with van der Waals surface area (Å²) in [5, 5.41) is 3.71. The van der Waals surface area contributed by atoms with Crippen LogP contribution in [-0.2, 0) is 9.47 Å². The average Bonchev–Trinajstić information content (AvgIpc) is 3.21. The number of nitroso groups, excluding NO2 is 1. The molecular weight excluding hydrogens is 339 g/mol. The lowest BCUT2D eigenvalue weighted by Crippen LogP contribution is -2.07. The molecule has 0 aliphatic carbocycles. The SMILES string of the molecule is O=Nc1c(C(=O)c2ccc(F)c(C3OCCO3)c2)ccc2cccnc12. The Hall–Kier alpha value is -3.03. The van der Waals surface area contributed by atoms with E-state index in [2.05, 4.69) is 10.2 Å². The number of halogens is 1. The van der Waals surface area contributed by atoms with Crippen LogP contribution in [0.4, 0.5) is 10.1 Å². The van der Waals surface area contributed by atoms with Crippen LogP contribution in [0.15, 0.2) is 53.8 Å². The fraction of sp³-hybridized carbons (Fsp3) is 0.158. The highest BCUT2D eigenvalue weighted by atomic mass is 19.1. The molecule has 1 aliphatic rings. The van der Waals surface area contributed by atoms with Crippen molar-refractivity contribution in [2.45, 2.75) is 6.29 Å². The molecule has 1 saturated heterocycles. The second-order valence-electron chi connectivity index (χ2n) is 5.77. The third kappa shape index (κ3) is 2.77. The Kier molecular flexibility index (Phi) is 4.24. The first kappa shape index (κ1) is 16.4. The van der Waals surface area contributed by atoms with Gasteiger partial charge in [0, 0.05) is 22.7 Å². The van der Waals surface area contributed by atoms with Crippen molar-refractivity contribution in [2.75, 3.05) is 13.2 Å². The zero-order valence-electron chi connectivity index (χ0n) is 13.5. The summed E-state index contributed by atoms with van der Waals surface area (Å²) < 4.78 is 24.7. The average molecular weight is 352 g/mol. The van der Waals surface area contributed by atoms with E-state index in [1.807, 2.05) is 0 Å². The molecule has 3 aromatic rings. The lowest BCUT2D eigenvalue weighted by Gasteiger charge is -2.12. The standard InChI is InChI=1S/C19H13FN2O4/c20-15-6-4-12(10-14(15)19-25-8-9-26-19)18(23)13-5-3-11-2-1-7-21-16(11)17(13)22-24/h1-7,10,19H,8-9H2. The minimum absolute atomic E-state index is 0.0349. The van der Waals surface area contributed by atoms with Gasteiger partial charge in [-0.25, -0.2) is 4.39 Å². The van der Waals surface area contributed by atoms with Gasteiger partial charge in [0.1, 0.15) is 17.0 Å². The van der Waals surface area contributed by atoms with Crippen LogP contribution in [0.1, 0.15) is 27.8 Å². The molecule has 0 saturated carbocycles. The predicted molar refractivity (Wildman–Crippen MR) is 91.7 cm³/mol. The van der Waals surface area contributed by atoms with Crippen LogP contribution >= 0.6 is 0 Å². The molecule has 4 rings (SSSR count). The highest BCUT2D eigenvalue weighted by molar-refractivity contribution is 6.15. The van der Waals surface area contributed by atoms with Crippen molar-refractivity contribution in [2.24, 2.45) is 5.18 Å². The number of nitrogens with zero attached hydrogens (tertiary/aromatic N) is 2. The zero-order valence-corrected chi connectivity index (χ0v) is 13.5. The Balaban J connectivity index is 1.80. The largest absolute Gasteiger partial charge is 0.346 e. The van der Waals surface area contributed by atoms with Gasteiger partial charge >= 0.3 is 0 Å². The Morgan fingerprint density at radius 1 is 1.15 bits per heavy atom. The maximum atomic E-state index is 14.1. The third-order valence-electron chi connectivity index (χ3n) is 4.22. The van der Waals surface area contributed by atoms with Gasteiger partial charge in [-0.15, -0.1) is 4.91 Å². The molecule has 0 N–H and O–H groups in total. The maximum absolute atomic E-state index is 14.1. The Bertz CT molecular complexity index is 1020. The van der Waals surface area contributed by atoms with E-state index in [0.29, 0.717) is 24.1 Å². The number of benzene rings is 2. The predicted octanol–water partition coefficient (Wildman–Crippen LogP) is 4.05. The Morgan fingerprint density at radius 2 is 1.96 bits per heavy atom. The summed E-state index contributed by atoms with van der Waals surface area (Å²) in [6, 6.07) is 10.6. The molecular formula is C19H13FN2O4. The minimum Gasteiger partial charge on any atom is -0.346 e. The summed E-state index contributed by atoms with van der Waals surface area (Å²) in [7, 11) is 0. The number of hydrogen-bond donors (Lipinski definition) is 0. The van der Waals surface area contributed by atoms with Crippen molar-refractivity contribution in [3.63, 3.8) is 0 Å². The summed E-state index contributed by atoms with van der Waals surface area (Å²) in [4.78, 5) is 28.4. The van der Waals surface area contributed by atoms with Gasteiger partial charge in [0.2, 0.25) is 0 Å². The molecule has 0 spiro atoms. The summed E-state index contributed by atoms with van der Waals surface area (Å²) in [5.41, 5.74) is 0.774. The second-order valence-corrected chi connectivity index (χ2v) is 5.77. The number of ketones is 1. The van der Waals surface area contributed by atoms with Crippen molar-refractivity contribution in [3.05, 3.63) is 76.1 Å². The molecule has 1 fully saturated rings. The molecule has 1 aromatic heterocycles. The van der Waals surface area contributed by atoms with Crippen LogP contribution in [0.5, 0.6) is 0 Å². The Morgan fingerprint density at radius 3 is 2.73 bits per heavy atom. The van der Waals surface area contributed by atoms with Gasteiger partial charge in [-0.3, -0.25) is 9.78 Å². The van der Waals surface area contributed by atoms with E-state index < -0.39 is 17.9 Å². The van der Waals surface area contributed by atoms with Crippen molar-refractivity contribution >= 4 is 22.4 Å². The van der Waals surface area contributed by atoms with E-state index >= 15 is 0 Å². The number of carbonyl (C=O) groups excluding carboxylic acids is 1. The van der Waals surface area contributed by atoms with E-state index in [-0.39, 0.29) is 22.4 Å². The van der Waals surface area contributed by atoms with Crippen LogP contribution in [0.2, 0.25) is 0 Å².